The number of aliphatic hydroxyl groups excluding tert-OH is 1. The minimum absolute atomic E-state index is 0.106. The number of hydrogen-bond donors (Lipinski definition) is 1. The third-order valence-corrected chi connectivity index (χ3v) is 3.44. The first-order chi connectivity index (χ1) is 8.54. The van der Waals surface area contributed by atoms with Crippen LogP contribution in [0.4, 0.5) is 4.39 Å². The number of nitrogens with zero attached hydrogens (tertiary/aromatic N) is 1. The molecule has 0 amide bonds. The van der Waals surface area contributed by atoms with Crippen molar-refractivity contribution in [2.75, 3.05) is 0 Å². The molecule has 0 aliphatic heterocycles. The van der Waals surface area contributed by atoms with Crippen molar-refractivity contribution in [3.63, 3.8) is 0 Å². The van der Waals surface area contributed by atoms with Crippen LogP contribution in [0.25, 0.3) is 11.1 Å². The molecule has 2 aromatic rings. The van der Waals surface area contributed by atoms with Gasteiger partial charge in [-0.1, -0.05) is 34.8 Å². The Kier molecular flexibility index (Phi) is 4.07. The highest BCUT2D eigenvalue weighted by Gasteiger charge is 2.17. The summed E-state index contributed by atoms with van der Waals surface area (Å²) in [6, 6.07) is 4.44. The van der Waals surface area contributed by atoms with Crippen molar-refractivity contribution >= 4 is 34.8 Å². The number of rotatable bonds is 2. The highest BCUT2D eigenvalue weighted by Crippen LogP contribution is 2.38. The number of aromatic nitrogens is 1. The summed E-state index contributed by atoms with van der Waals surface area (Å²) in [7, 11) is 0. The molecule has 94 valence electrons. The average Bonchev–Trinajstić information content (AvgIpc) is 2.33. The van der Waals surface area contributed by atoms with Gasteiger partial charge in [0.2, 0.25) is 5.95 Å². The predicted octanol–water partition coefficient (Wildman–Crippen LogP) is 4.34. The van der Waals surface area contributed by atoms with Crippen LogP contribution in [0.1, 0.15) is 5.56 Å². The zero-order valence-electron chi connectivity index (χ0n) is 8.92. The van der Waals surface area contributed by atoms with Gasteiger partial charge in [-0.05, 0) is 23.8 Å². The van der Waals surface area contributed by atoms with Crippen LogP contribution in [0, 0.1) is 5.95 Å². The molecule has 1 N–H and O–H groups in total. The summed E-state index contributed by atoms with van der Waals surface area (Å²) >= 11 is 17.8. The van der Waals surface area contributed by atoms with Crippen molar-refractivity contribution in [2.24, 2.45) is 0 Å². The molecular formula is C12H7Cl3FNO. The van der Waals surface area contributed by atoms with E-state index in [1.54, 1.807) is 0 Å². The van der Waals surface area contributed by atoms with Crippen LogP contribution in [0.2, 0.25) is 15.1 Å². The van der Waals surface area contributed by atoms with Gasteiger partial charge in [0, 0.05) is 22.3 Å². The second-order valence-corrected chi connectivity index (χ2v) is 4.76. The molecule has 0 radical (unpaired) electrons. The molecule has 0 saturated heterocycles. The summed E-state index contributed by atoms with van der Waals surface area (Å²) in [5.74, 6) is -0.734. The molecule has 18 heavy (non-hydrogen) atoms. The topological polar surface area (TPSA) is 33.1 Å². The van der Waals surface area contributed by atoms with Gasteiger partial charge in [-0.2, -0.15) is 4.39 Å². The van der Waals surface area contributed by atoms with Crippen LogP contribution in [0.15, 0.2) is 24.4 Å². The quantitative estimate of drug-likeness (QED) is 0.661. The van der Waals surface area contributed by atoms with Gasteiger partial charge < -0.3 is 5.11 Å². The van der Waals surface area contributed by atoms with Crippen molar-refractivity contribution in [1.29, 1.82) is 0 Å². The minimum Gasteiger partial charge on any atom is -0.392 e. The number of pyridine rings is 1. The van der Waals surface area contributed by atoms with E-state index in [9.17, 15) is 9.50 Å². The van der Waals surface area contributed by atoms with Crippen molar-refractivity contribution in [2.45, 2.75) is 6.61 Å². The van der Waals surface area contributed by atoms with Gasteiger partial charge in [0.15, 0.2) is 0 Å². The van der Waals surface area contributed by atoms with Gasteiger partial charge in [-0.25, -0.2) is 4.98 Å². The van der Waals surface area contributed by atoms with Gasteiger partial charge in [0.1, 0.15) is 0 Å². The molecule has 0 aliphatic rings. The molecule has 0 atom stereocenters. The van der Waals surface area contributed by atoms with E-state index in [-0.39, 0.29) is 22.2 Å². The Morgan fingerprint density at radius 3 is 2.61 bits per heavy atom. The lowest BCUT2D eigenvalue weighted by Gasteiger charge is -2.11. The molecule has 0 saturated carbocycles. The van der Waals surface area contributed by atoms with Crippen LogP contribution in [-0.4, -0.2) is 10.1 Å². The first-order valence-corrected chi connectivity index (χ1v) is 6.07. The van der Waals surface area contributed by atoms with E-state index < -0.39 is 5.95 Å². The minimum atomic E-state index is -0.734. The summed E-state index contributed by atoms with van der Waals surface area (Å²) in [6.07, 6.45) is 1.27. The van der Waals surface area contributed by atoms with Crippen LogP contribution < -0.4 is 0 Å². The Bertz CT molecular complexity index is 604. The summed E-state index contributed by atoms with van der Waals surface area (Å²) in [5.41, 5.74) is 0.779. The average molecular weight is 307 g/mol. The Hall–Kier alpha value is -0.870. The van der Waals surface area contributed by atoms with E-state index in [4.69, 9.17) is 34.8 Å². The van der Waals surface area contributed by atoms with Gasteiger partial charge in [-0.3, -0.25) is 0 Å². The van der Waals surface area contributed by atoms with E-state index in [2.05, 4.69) is 4.98 Å². The lowest BCUT2D eigenvalue weighted by Crippen LogP contribution is -1.97. The number of hydrogen-bond acceptors (Lipinski definition) is 2. The molecule has 0 aliphatic carbocycles. The Morgan fingerprint density at radius 1 is 1.22 bits per heavy atom. The van der Waals surface area contributed by atoms with E-state index in [1.165, 1.54) is 24.4 Å². The van der Waals surface area contributed by atoms with Crippen LogP contribution >= 0.6 is 34.8 Å². The molecule has 1 aromatic carbocycles. The second kappa shape index (κ2) is 5.41. The molecule has 2 rings (SSSR count). The molecule has 1 heterocycles. The van der Waals surface area contributed by atoms with Gasteiger partial charge in [0.05, 0.1) is 16.7 Å². The molecule has 0 fully saturated rings. The monoisotopic (exact) mass is 305 g/mol. The predicted molar refractivity (Wildman–Crippen MR) is 70.6 cm³/mol. The first-order valence-electron chi connectivity index (χ1n) is 4.93. The maximum Gasteiger partial charge on any atom is 0.221 e. The summed E-state index contributed by atoms with van der Waals surface area (Å²) < 4.78 is 13.8. The second-order valence-electron chi connectivity index (χ2n) is 3.54. The van der Waals surface area contributed by atoms with E-state index >= 15 is 0 Å². The number of halogens is 4. The van der Waals surface area contributed by atoms with Crippen molar-refractivity contribution in [1.82, 2.24) is 4.98 Å². The zero-order valence-corrected chi connectivity index (χ0v) is 11.2. The third kappa shape index (κ3) is 2.45. The highest BCUT2D eigenvalue weighted by molar-refractivity contribution is 6.45. The molecule has 0 bridgehead atoms. The summed E-state index contributed by atoms with van der Waals surface area (Å²) in [6.45, 7) is -0.338. The van der Waals surface area contributed by atoms with E-state index in [0.29, 0.717) is 16.1 Å². The maximum absolute atomic E-state index is 13.8. The van der Waals surface area contributed by atoms with Gasteiger partial charge in [0.25, 0.3) is 0 Å². The molecule has 2 nitrogen and oxygen atoms in total. The largest absolute Gasteiger partial charge is 0.392 e. The molecule has 6 heteroatoms. The van der Waals surface area contributed by atoms with Crippen LogP contribution in [-0.2, 0) is 6.61 Å². The Balaban J connectivity index is 2.76. The lowest BCUT2D eigenvalue weighted by atomic mass is 10.0. The smallest absolute Gasteiger partial charge is 0.221 e. The van der Waals surface area contributed by atoms with Crippen LogP contribution in [0.3, 0.4) is 0 Å². The van der Waals surface area contributed by atoms with Crippen molar-refractivity contribution in [3.05, 3.63) is 51.0 Å². The van der Waals surface area contributed by atoms with Crippen molar-refractivity contribution in [3.8, 4) is 11.1 Å². The van der Waals surface area contributed by atoms with Crippen molar-refractivity contribution < 1.29 is 9.50 Å². The molecule has 0 unspecified atom stereocenters. The first kappa shape index (κ1) is 13.6. The van der Waals surface area contributed by atoms with E-state index in [0.717, 1.165) is 0 Å². The SMILES string of the molecule is OCc1ccnc(F)c1-c1cc(Cl)cc(Cl)c1Cl. The van der Waals surface area contributed by atoms with Gasteiger partial charge in [-0.15, -0.1) is 0 Å². The van der Waals surface area contributed by atoms with Gasteiger partial charge >= 0.3 is 0 Å². The molecule has 1 aromatic heterocycles. The summed E-state index contributed by atoms with van der Waals surface area (Å²) in [5, 5.41) is 9.94. The molecular weight excluding hydrogens is 299 g/mol. The Labute approximate surface area is 118 Å². The van der Waals surface area contributed by atoms with E-state index in [1.807, 2.05) is 0 Å². The normalized spacial score (nSPS) is 10.7. The highest BCUT2D eigenvalue weighted by atomic mass is 35.5. The fraction of sp³-hybridized carbons (Fsp3) is 0.0833. The third-order valence-electron chi connectivity index (χ3n) is 2.42. The maximum atomic E-state index is 13.8. The summed E-state index contributed by atoms with van der Waals surface area (Å²) in [4.78, 5) is 3.54. The number of aliphatic hydroxyl groups is 1. The van der Waals surface area contributed by atoms with Crippen LogP contribution in [0.5, 0.6) is 0 Å². The number of benzene rings is 1. The lowest BCUT2D eigenvalue weighted by molar-refractivity contribution is 0.281. The fourth-order valence-corrected chi connectivity index (χ4v) is 2.32. The molecule has 0 spiro atoms. The standard InChI is InChI=1S/C12H7Cl3FNO/c13-7-3-8(11(15)9(14)4-7)10-6(5-18)1-2-17-12(10)16/h1-4,18H,5H2. The zero-order chi connectivity index (χ0) is 13.3. The fourth-order valence-electron chi connectivity index (χ4n) is 1.63. The Morgan fingerprint density at radius 2 is 1.94 bits per heavy atom.